The summed E-state index contributed by atoms with van der Waals surface area (Å²) in [5.74, 6) is 0.710. The second-order valence-corrected chi connectivity index (χ2v) is 9.88. The standard InChI is InChI=1S/C23H28N2O5S/c1-29-23(26)22-16-18(24-14-6-3-7-15-24)17-25(22)31(27,28)21-12-10-20(11-13-21)30-19-8-4-2-5-9-19/h2,4-5,8-13,18,22H,3,6-7,14-17H2,1H3/t18-,22+/m0/s1. The summed E-state index contributed by atoms with van der Waals surface area (Å²) >= 11 is 0. The minimum atomic E-state index is -3.85. The van der Waals surface area contributed by atoms with Gasteiger partial charge >= 0.3 is 5.97 Å². The van der Waals surface area contributed by atoms with Gasteiger partial charge in [-0.2, -0.15) is 4.31 Å². The number of piperidine rings is 1. The van der Waals surface area contributed by atoms with Crippen LogP contribution in [0.25, 0.3) is 0 Å². The van der Waals surface area contributed by atoms with E-state index in [2.05, 4.69) is 4.90 Å². The number of nitrogens with zero attached hydrogens (tertiary/aromatic N) is 2. The summed E-state index contributed by atoms with van der Waals surface area (Å²) in [6, 6.07) is 14.8. The third kappa shape index (κ3) is 4.76. The Labute approximate surface area is 183 Å². The maximum absolute atomic E-state index is 13.4. The second-order valence-electron chi connectivity index (χ2n) is 7.99. The predicted molar refractivity (Wildman–Crippen MR) is 116 cm³/mol. The fraction of sp³-hybridized carbons (Fsp3) is 0.435. The van der Waals surface area contributed by atoms with Crippen LogP contribution in [-0.2, 0) is 19.6 Å². The van der Waals surface area contributed by atoms with Crippen molar-refractivity contribution in [1.29, 1.82) is 0 Å². The highest BCUT2D eigenvalue weighted by atomic mass is 32.2. The molecule has 0 N–H and O–H groups in total. The molecule has 0 unspecified atom stereocenters. The Bertz CT molecular complexity index is 988. The fourth-order valence-corrected chi connectivity index (χ4v) is 6.01. The van der Waals surface area contributed by atoms with Gasteiger partial charge in [0.15, 0.2) is 0 Å². The number of benzene rings is 2. The Morgan fingerprint density at radius 2 is 1.58 bits per heavy atom. The minimum absolute atomic E-state index is 0.0277. The Kier molecular flexibility index (Phi) is 6.60. The number of rotatable bonds is 6. The summed E-state index contributed by atoms with van der Waals surface area (Å²) in [7, 11) is -2.55. The third-order valence-electron chi connectivity index (χ3n) is 6.02. The van der Waals surface area contributed by atoms with E-state index in [-0.39, 0.29) is 10.9 Å². The van der Waals surface area contributed by atoms with E-state index in [4.69, 9.17) is 9.47 Å². The van der Waals surface area contributed by atoms with Gasteiger partial charge in [-0.05, 0) is 68.8 Å². The third-order valence-corrected chi connectivity index (χ3v) is 7.91. The summed E-state index contributed by atoms with van der Waals surface area (Å²) in [6.07, 6.45) is 3.87. The average molecular weight is 445 g/mol. The first-order valence-corrected chi connectivity index (χ1v) is 12.1. The van der Waals surface area contributed by atoms with Crippen LogP contribution < -0.4 is 4.74 Å². The second kappa shape index (κ2) is 9.38. The monoisotopic (exact) mass is 444 g/mol. The highest BCUT2D eigenvalue weighted by Gasteiger charge is 2.46. The van der Waals surface area contributed by atoms with E-state index in [0.29, 0.717) is 24.5 Å². The van der Waals surface area contributed by atoms with Crippen LogP contribution in [0.2, 0.25) is 0 Å². The van der Waals surface area contributed by atoms with Crippen LogP contribution in [-0.4, -0.2) is 62.4 Å². The number of para-hydroxylation sites is 1. The molecule has 2 fully saturated rings. The molecule has 2 aromatic rings. The molecule has 7 nitrogen and oxygen atoms in total. The normalized spacial score (nSPS) is 22.9. The lowest BCUT2D eigenvalue weighted by Gasteiger charge is -2.32. The summed E-state index contributed by atoms with van der Waals surface area (Å²) in [5, 5.41) is 0. The van der Waals surface area contributed by atoms with Crippen LogP contribution in [0.15, 0.2) is 59.5 Å². The summed E-state index contributed by atoms with van der Waals surface area (Å²) in [5.41, 5.74) is 0. The molecular weight excluding hydrogens is 416 g/mol. The van der Waals surface area contributed by atoms with Gasteiger partial charge in [0.05, 0.1) is 12.0 Å². The van der Waals surface area contributed by atoms with Gasteiger partial charge in [-0.3, -0.25) is 9.69 Å². The topological polar surface area (TPSA) is 76.2 Å². The van der Waals surface area contributed by atoms with Crippen molar-refractivity contribution in [3.05, 3.63) is 54.6 Å². The Morgan fingerprint density at radius 1 is 0.935 bits per heavy atom. The summed E-state index contributed by atoms with van der Waals surface area (Å²) in [6.45, 7) is 2.18. The van der Waals surface area contributed by atoms with Gasteiger partial charge in [0.2, 0.25) is 10.0 Å². The molecule has 2 aliphatic rings. The van der Waals surface area contributed by atoms with Crippen molar-refractivity contribution in [2.75, 3.05) is 26.7 Å². The lowest BCUT2D eigenvalue weighted by Crippen LogP contribution is -2.42. The highest BCUT2D eigenvalue weighted by molar-refractivity contribution is 7.89. The molecule has 0 bridgehead atoms. The maximum atomic E-state index is 13.4. The van der Waals surface area contributed by atoms with E-state index in [1.54, 1.807) is 12.1 Å². The van der Waals surface area contributed by atoms with Crippen LogP contribution in [0.1, 0.15) is 25.7 Å². The molecule has 2 aliphatic heterocycles. The van der Waals surface area contributed by atoms with E-state index in [0.717, 1.165) is 25.9 Å². The molecule has 166 valence electrons. The smallest absolute Gasteiger partial charge is 0.324 e. The van der Waals surface area contributed by atoms with Crippen LogP contribution in [0.5, 0.6) is 11.5 Å². The molecule has 2 atom stereocenters. The molecule has 2 aromatic carbocycles. The molecular formula is C23H28N2O5S. The van der Waals surface area contributed by atoms with E-state index in [1.807, 2.05) is 30.3 Å². The SMILES string of the molecule is COC(=O)[C@H]1C[C@H](N2CCCCC2)CN1S(=O)(=O)c1ccc(Oc2ccccc2)cc1. The van der Waals surface area contributed by atoms with Gasteiger partial charge in [-0.1, -0.05) is 24.6 Å². The van der Waals surface area contributed by atoms with Gasteiger partial charge in [0, 0.05) is 12.6 Å². The lowest BCUT2D eigenvalue weighted by molar-refractivity contribution is -0.144. The van der Waals surface area contributed by atoms with Crippen LogP contribution in [0.3, 0.4) is 0 Å². The van der Waals surface area contributed by atoms with Crippen molar-refractivity contribution < 1.29 is 22.7 Å². The minimum Gasteiger partial charge on any atom is -0.468 e. The molecule has 0 amide bonds. The first-order chi connectivity index (χ1) is 15.0. The van der Waals surface area contributed by atoms with E-state index in [1.165, 1.54) is 30.0 Å². The Morgan fingerprint density at radius 3 is 2.23 bits per heavy atom. The first kappa shape index (κ1) is 21.8. The molecule has 4 rings (SSSR count). The number of carbonyl (C=O) groups is 1. The summed E-state index contributed by atoms with van der Waals surface area (Å²) < 4.78 is 38.8. The van der Waals surface area contributed by atoms with Gasteiger partial charge in [-0.15, -0.1) is 0 Å². The number of ether oxygens (including phenoxy) is 2. The zero-order valence-corrected chi connectivity index (χ0v) is 18.5. The van der Waals surface area contributed by atoms with Gasteiger partial charge in [-0.25, -0.2) is 8.42 Å². The number of hydrogen-bond donors (Lipinski definition) is 0. The van der Waals surface area contributed by atoms with Crippen molar-refractivity contribution in [3.8, 4) is 11.5 Å². The molecule has 0 spiro atoms. The summed E-state index contributed by atoms with van der Waals surface area (Å²) in [4.78, 5) is 14.9. The number of sulfonamides is 1. The fourth-order valence-electron chi connectivity index (χ4n) is 4.39. The van der Waals surface area contributed by atoms with Crippen LogP contribution in [0.4, 0.5) is 0 Å². The van der Waals surface area contributed by atoms with E-state index >= 15 is 0 Å². The highest BCUT2D eigenvalue weighted by Crippen LogP contribution is 2.32. The van der Waals surface area contributed by atoms with Crippen molar-refractivity contribution in [3.63, 3.8) is 0 Å². The van der Waals surface area contributed by atoms with E-state index in [9.17, 15) is 13.2 Å². The zero-order valence-electron chi connectivity index (χ0n) is 17.6. The van der Waals surface area contributed by atoms with Crippen molar-refractivity contribution in [1.82, 2.24) is 9.21 Å². The van der Waals surface area contributed by atoms with Crippen molar-refractivity contribution in [2.24, 2.45) is 0 Å². The quantitative estimate of drug-likeness (QED) is 0.637. The molecule has 0 aromatic heterocycles. The van der Waals surface area contributed by atoms with Gasteiger partial charge in [0.25, 0.3) is 0 Å². The molecule has 2 saturated heterocycles. The van der Waals surface area contributed by atoms with Crippen molar-refractivity contribution >= 4 is 16.0 Å². The molecule has 31 heavy (non-hydrogen) atoms. The van der Waals surface area contributed by atoms with Gasteiger partial charge in [0.1, 0.15) is 17.5 Å². The Hall–Kier alpha value is -2.42. The molecule has 0 aliphatic carbocycles. The lowest BCUT2D eigenvalue weighted by atomic mass is 10.1. The zero-order chi connectivity index (χ0) is 21.8. The molecule has 0 radical (unpaired) electrons. The van der Waals surface area contributed by atoms with Crippen LogP contribution in [0, 0.1) is 0 Å². The number of esters is 1. The number of hydrogen-bond acceptors (Lipinski definition) is 6. The Balaban J connectivity index is 1.54. The number of carbonyl (C=O) groups excluding carboxylic acids is 1. The van der Waals surface area contributed by atoms with Crippen molar-refractivity contribution in [2.45, 2.75) is 42.7 Å². The number of methoxy groups -OCH3 is 1. The van der Waals surface area contributed by atoms with E-state index < -0.39 is 22.0 Å². The molecule has 2 heterocycles. The molecule has 0 saturated carbocycles. The maximum Gasteiger partial charge on any atom is 0.324 e. The molecule has 8 heteroatoms. The first-order valence-electron chi connectivity index (χ1n) is 10.7. The van der Waals surface area contributed by atoms with Gasteiger partial charge < -0.3 is 9.47 Å². The average Bonchev–Trinajstić information content (AvgIpc) is 3.27. The van der Waals surface area contributed by atoms with Crippen LogP contribution >= 0.6 is 0 Å². The largest absolute Gasteiger partial charge is 0.468 e. The number of likely N-dealkylation sites (tertiary alicyclic amines) is 1. The predicted octanol–water partition coefficient (Wildman–Crippen LogP) is 3.27.